The van der Waals surface area contributed by atoms with E-state index in [0.29, 0.717) is 6.42 Å². The molecule has 0 radical (unpaired) electrons. The normalized spacial score (nSPS) is 11.2. The van der Waals surface area contributed by atoms with Gasteiger partial charge >= 0.3 is 29.0 Å². The van der Waals surface area contributed by atoms with E-state index in [2.05, 4.69) is 5.32 Å². The number of amides is 1. The first-order valence-electron chi connectivity index (χ1n) is 3.56. The Morgan fingerprint density at radius 2 is 2.15 bits per heavy atom. The summed E-state index contributed by atoms with van der Waals surface area (Å²) in [6.45, 7) is 1.31. The van der Waals surface area contributed by atoms with Crippen molar-refractivity contribution in [1.82, 2.24) is 5.32 Å². The predicted octanol–water partition coefficient (Wildman–Crippen LogP) is 0.173. The van der Waals surface area contributed by atoms with Crippen molar-refractivity contribution in [3.8, 4) is 0 Å². The van der Waals surface area contributed by atoms with E-state index in [1.807, 2.05) is 6.26 Å². The molecule has 13 heavy (non-hydrogen) atoms. The molecule has 0 rings (SSSR count). The number of rotatable bonds is 5. The summed E-state index contributed by atoms with van der Waals surface area (Å²) in [4.78, 5) is 21.1. The molecule has 0 aromatic heterocycles. The van der Waals surface area contributed by atoms with Crippen LogP contribution in [0.1, 0.15) is 16.2 Å². The molecule has 0 aromatic rings. The summed E-state index contributed by atoms with van der Waals surface area (Å²) in [5.74, 6) is -0.542. The average Bonchev–Trinajstić information content (AvgIpc) is 1.96. The van der Waals surface area contributed by atoms with Gasteiger partial charge in [-0.05, 0) is 18.4 Å². The minimum atomic E-state index is -0.973. The van der Waals surface area contributed by atoms with E-state index in [0.717, 1.165) is 5.75 Å². The Hall–Kier alpha value is 0.0562. The summed E-state index contributed by atoms with van der Waals surface area (Å²) in [6, 6.07) is -0.741. The molecule has 0 unspecified atom stereocenters. The first-order chi connectivity index (χ1) is 5.57. The predicted molar refractivity (Wildman–Crippen MR) is 56.2 cm³/mol. The number of carbonyl (C=O) groups excluding carboxylic acids is 1. The first-order valence-corrected chi connectivity index (χ1v) is 4.96. The van der Waals surface area contributed by atoms with E-state index in [1.165, 1.54) is 6.92 Å². The maximum atomic E-state index is 10.5. The van der Waals surface area contributed by atoms with Gasteiger partial charge in [-0.15, -0.1) is 0 Å². The average molecular weight is 218 g/mol. The van der Waals surface area contributed by atoms with Gasteiger partial charge in [0.2, 0.25) is 5.91 Å². The van der Waals surface area contributed by atoms with Crippen LogP contribution in [0.4, 0.5) is 0 Å². The van der Waals surface area contributed by atoms with Crippen molar-refractivity contribution >= 4 is 46.7 Å². The number of nitrogens with one attached hydrogen (secondary N) is 1. The molecule has 2 N–H and O–H groups in total. The van der Waals surface area contributed by atoms with Crippen LogP contribution in [-0.2, 0) is 9.59 Å². The Bertz CT molecular complexity index is 186. The molecule has 0 heterocycles. The minimum Gasteiger partial charge on any atom is -1.00 e. The van der Waals surface area contributed by atoms with Crippen molar-refractivity contribution in [2.45, 2.75) is 19.4 Å². The topological polar surface area (TPSA) is 66.4 Å². The zero-order chi connectivity index (χ0) is 9.56. The van der Waals surface area contributed by atoms with Gasteiger partial charge in [0.15, 0.2) is 0 Å². The second kappa shape index (κ2) is 8.65. The van der Waals surface area contributed by atoms with Crippen LogP contribution in [0.3, 0.4) is 0 Å². The number of hydrogen-bond acceptors (Lipinski definition) is 3. The molecule has 6 heteroatoms. The summed E-state index contributed by atoms with van der Waals surface area (Å²) in [5.41, 5.74) is 0. The molecule has 0 fully saturated rings. The maximum Gasteiger partial charge on any atom is 2.00 e. The van der Waals surface area contributed by atoms with Gasteiger partial charge in [0.25, 0.3) is 0 Å². The van der Waals surface area contributed by atoms with E-state index >= 15 is 0 Å². The summed E-state index contributed by atoms with van der Waals surface area (Å²) in [7, 11) is 0. The van der Waals surface area contributed by atoms with E-state index in [9.17, 15) is 9.59 Å². The van der Waals surface area contributed by atoms with Gasteiger partial charge in [-0.2, -0.15) is 11.8 Å². The molecule has 0 aliphatic carbocycles. The fourth-order valence-corrected chi connectivity index (χ4v) is 1.21. The molecule has 1 amide bonds. The molecule has 0 spiro atoms. The molecule has 74 valence electrons. The van der Waals surface area contributed by atoms with Crippen LogP contribution in [0.25, 0.3) is 0 Å². The van der Waals surface area contributed by atoms with Crippen molar-refractivity contribution in [2.75, 3.05) is 12.0 Å². The number of hydrogen-bond donors (Lipinski definition) is 2. The Morgan fingerprint density at radius 1 is 1.62 bits per heavy atom. The zero-order valence-electron chi connectivity index (χ0n) is 9.87. The molecule has 4 nitrogen and oxygen atoms in total. The molecule has 0 saturated carbocycles. The van der Waals surface area contributed by atoms with Crippen LogP contribution in [0, 0.1) is 0 Å². The smallest absolute Gasteiger partial charge is 1.00 e. The van der Waals surface area contributed by atoms with Gasteiger partial charge in [0.1, 0.15) is 6.04 Å². The monoisotopic (exact) mass is 217 g/mol. The van der Waals surface area contributed by atoms with Crippen molar-refractivity contribution in [1.29, 1.82) is 0 Å². The number of carboxylic acid groups (broad SMARTS) is 1. The summed E-state index contributed by atoms with van der Waals surface area (Å²) < 4.78 is 0. The van der Waals surface area contributed by atoms with E-state index in [-0.39, 0.29) is 31.8 Å². The molecule has 0 saturated heterocycles. The number of thioether (sulfide) groups is 1. The van der Waals surface area contributed by atoms with Crippen LogP contribution >= 0.6 is 11.8 Å². The number of aliphatic carboxylic acids is 1. The Morgan fingerprint density at radius 3 is 2.46 bits per heavy atom. The summed E-state index contributed by atoms with van der Waals surface area (Å²) >= 11 is 1.56. The largest absolute Gasteiger partial charge is 2.00 e. The van der Waals surface area contributed by atoms with Crippen LogP contribution < -0.4 is 5.32 Å². The molecular weight excluding hydrogens is 202 g/mol. The quantitative estimate of drug-likeness (QED) is 0.645. The van der Waals surface area contributed by atoms with Gasteiger partial charge in [0, 0.05) is 6.92 Å². The third-order valence-electron chi connectivity index (χ3n) is 1.29. The Kier molecular flexibility index (Phi) is 10.3. The molecular formula is C7H15MgNO3S. The standard InChI is InChI=1S/C7H13NO3S.Mg.2H/c1-5(9)8-6(7(10)11)3-4-12-2;;;/h6H,3-4H2,1-2H3,(H,8,9)(H,10,11);;;/q;+2;2*-1/t6-;;;/m0.../s1. The van der Waals surface area contributed by atoms with E-state index in [4.69, 9.17) is 5.11 Å². The fourth-order valence-electron chi connectivity index (χ4n) is 0.738. The zero-order valence-corrected chi connectivity index (χ0v) is 10.1. The van der Waals surface area contributed by atoms with E-state index < -0.39 is 12.0 Å². The molecule has 0 aliphatic heterocycles. The van der Waals surface area contributed by atoms with Crippen molar-refractivity contribution in [3.63, 3.8) is 0 Å². The number of carboxylic acids is 1. The second-order valence-corrected chi connectivity index (χ2v) is 3.36. The van der Waals surface area contributed by atoms with Crippen LogP contribution in [0.2, 0.25) is 0 Å². The van der Waals surface area contributed by atoms with Gasteiger partial charge in [-0.3, -0.25) is 4.79 Å². The maximum absolute atomic E-state index is 10.5. The Balaban J connectivity index is -0.000000202. The van der Waals surface area contributed by atoms with Crippen molar-refractivity contribution in [3.05, 3.63) is 0 Å². The van der Waals surface area contributed by atoms with Gasteiger partial charge < -0.3 is 13.3 Å². The Labute approximate surface area is 101 Å². The van der Waals surface area contributed by atoms with Gasteiger partial charge in [-0.25, -0.2) is 4.79 Å². The van der Waals surface area contributed by atoms with E-state index in [1.54, 1.807) is 11.8 Å². The third-order valence-corrected chi connectivity index (χ3v) is 1.93. The van der Waals surface area contributed by atoms with Crippen LogP contribution in [0.5, 0.6) is 0 Å². The molecule has 0 aliphatic rings. The first kappa shape index (κ1) is 15.5. The van der Waals surface area contributed by atoms with Crippen LogP contribution in [0.15, 0.2) is 0 Å². The van der Waals surface area contributed by atoms with Crippen LogP contribution in [-0.4, -0.2) is 58.1 Å². The summed E-state index contributed by atoms with van der Waals surface area (Å²) in [5, 5.41) is 11.0. The fraction of sp³-hybridized carbons (Fsp3) is 0.714. The minimum absolute atomic E-state index is 0. The van der Waals surface area contributed by atoms with Crippen molar-refractivity contribution < 1.29 is 17.5 Å². The molecule has 0 aromatic carbocycles. The summed E-state index contributed by atoms with van der Waals surface area (Å²) in [6.07, 6.45) is 2.36. The number of carbonyl (C=O) groups is 2. The SMILES string of the molecule is CSCC[C@H](NC(C)=O)C(=O)O.[H-].[H-].[Mg+2]. The molecule has 0 bridgehead atoms. The van der Waals surface area contributed by atoms with Gasteiger partial charge in [-0.1, -0.05) is 0 Å². The molecule has 1 atom stereocenters. The van der Waals surface area contributed by atoms with Gasteiger partial charge in [0.05, 0.1) is 0 Å². The third kappa shape index (κ3) is 8.39. The van der Waals surface area contributed by atoms with Crippen molar-refractivity contribution in [2.24, 2.45) is 0 Å². The second-order valence-electron chi connectivity index (χ2n) is 2.37.